The molecule has 0 fully saturated rings. The topological polar surface area (TPSA) is 52.6 Å². The summed E-state index contributed by atoms with van der Waals surface area (Å²) in [5, 5.41) is 11.7. The van der Waals surface area contributed by atoms with E-state index in [2.05, 4.69) is 5.32 Å². The summed E-state index contributed by atoms with van der Waals surface area (Å²) in [5.74, 6) is 0. The maximum absolute atomic E-state index is 10.4. The third-order valence-corrected chi connectivity index (χ3v) is 1.43. The Hall–Kier alpha value is -0.770. The highest BCUT2D eigenvalue weighted by molar-refractivity contribution is 5.64. The third-order valence-electron chi connectivity index (χ3n) is 1.43. The van der Waals surface area contributed by atoms with Gasteiger partial charge in [0.1, 0.15) is 0 Å². The molecule has 0 rings (SSSR count). The molecule has 0 aliphatic carbocycles. The van der Waals surface area contributed by atoms with Crippen molar-refractivity contribution in [2.75, 3.05) is 20.1 Å². The van der Waals surface area contributed by atoms with Gasteiger partial charge >= 0.3 is 6.09 Å². The number of carbonyl (C=O) groups is 1. The average Bonchev–Trinajstić information content (AvgIpc) is 1.84. The molecule has 0 saturated heterocycles. The highest BCUT2D eigenvalue weighted by Gasteiger charge is 2.09. The van der Waals surface area contributed by atoms with Crippen molar-refractivity contribution < 1.29 is 9.90 Å². The van der Waals surface area contributed by atoms with Gasteiger partial charge in [0.05, 0.1) is 0 Å². The fraction of sp³-hybridized carbons (Fsp3) is 0.875. The highest BCUT2D eigenvalue weighted by atomic mass is 16.4. The molecule has 0 saturated carbocycles. The Balaban J connectivity index is 3.51. The number of nitrogens with zero attached hydrogens (tertiary/aromatic N) is 1. The first-order valence-corrected chi connectivity index (χ1v) is 4.02. The first-order valence-electron chi connectivity index (χ1n) is 4.02. The van der Waals surface area contributed by atoms with Crippen LogP contribution in [0.5, 0.6) is 0 Å². The smallest absolute Gasteiger partial charge is 0.407 e. The van der Waals surface area contributed by atoms with Crippen molar-refractivity contribution in [2.24, 2.45) is 0 Å². The monoisotopic (exact) mass is 174 g/mol. The van der Waals surface area contributed by atoms with Gasteiger partial charge in [-0.3, -0.25) is 0 Å². The summed E-state index contributed by atoms with van der Waals surface area (Å²) in [6.45, 7) is 7.36. The lowest BCUT2D eigenvalue weighted by Crippen LogP contribution is -2.41. The van der Waals surface area contributed by atoms with Crippen molar-refractivity contribution in [2.45, 2.75) is 26.3 Å². The molecule has 0 aliphatic heterocycles. The Morgan fingerprint density at radius 1 is 1.50 bits per heavy atom. The van der Waals surface area contributed by atoms with Crippen LogP contribution >= 0.6 is 0 Å². The molecule has 0 aliphatic rings. The molecule has 0 radical (unpaired) electrons. The summed E-state index contributed by atoms with van der Waals surface area (Å²) in [5.41, 5.74) is 0.0549. The Morgan fingerprint density at radius 3 is 2.33 bits per heavy atom. The van der Waals surface area contributed by atoms with Gasteiger partial charge in [-0.1, -0.05) is 0 Å². The second-order valence-corrected chi connectivity index (χ2v) is 3.88. The molecular weight excluding hydrogens is 156 g/mol. The van der Waals surface area contributed by atoms with Crippen molar-refractivity contribution in [3.63, 3.8) is 0 Å². The second-order valence-electron chi connectivity index (χ2n) is 3.88. The summed E-state index contributed by atoms with van der Waals surface area (Å²) < 4.78 is 0. The molecule has 0 aromatic rings. The first-order chi connectivity index (χ1) is 5.33. The Labute approximate surface area is 73.6 Å². The number of hydrogen-bond donors (Lipinski definition) is 2. The molecule has 0 atom stereocenters. The lowest BCUT2D eigenvalue weighted by Gasteiger charge is -2.22. The average molecular weight is 174 g/mol. The molecule has 0 aromatic heterocycles. The molecule has 72 valence electrons. The molecule has 0 unspecified atom stereocenters. The van der Waals surface area contributed by atoms with Crippen LogP contribution in [0, 0.1) is 0 Å². The lowest BCUT2D eigenvalue weighted by molar-refractivity contribution is 0.155. The summed E-state index contributed by atoms with van der Waals surface area (Å²) in [7, 11) is 1.56. The molecule has 0 heterocycles. The van der Waals surface area contributed by atoms with Crippen LogP contribution < -0.4 is 5.32 Å². The fourth-order valence-corrected chi connectivity index (χ4v) is 0.694. The predicted molar refractivity (Wildman–Crippen MR) is 48.4 cm³/mol. The first kappa shape index (κ1) is 11.2. The van der Waals surface area contributed by atoms with E-state index in [9.17, 15) is 4.79 Å². The quantitative estimate of drug-likeness (QED) is 0.670. The second kappa shape index (κ2) is 4.30. The molecular formula is C8H18N2O2. The summed E-state index contributed by atoms with van der Waals surface area (Å²) in [4.78, 5) is 11.6. The molecule has 0 bridgehead atoms. The van der Waals surface area contributed by atoms with Gasteiger partial charge < -0.3 is 15.3 Å². The minimum atomic E-state index is -0.884. The SMILES string of the molecule is CN(CCNC(C)(C)C)C(=O)O. The van der Waals surface area contributed by atoms with E-state index >= 15 is 0 Å². The van der Waals surface area contributed by atoms with E-state index in [1.165, 1.54) is 4.90 Å². The van der Waals surface area contributed by atoms with Crippen LogP contribution in [-0.4, -0.2) is 41.8 Å². The normalized spacial score (nSPS) is 11.3. The van der Waals surface area contributed by atoms with Crippen molar-refractivity contribution in [3.8, 4) is 0 Å². The summed E-state index contributed by atoms with van der Waals surface area (Å²) >= 11 is 0. The van der Waals surface area contributed by atoms with Crippen LogP contribution in [-0.2, 0) is 0 Å². The predicted octanol–water partition coefficient (Wildman–Crippen LogP) is 0.984. The van der Waals surface area contributed by atoms with E-state index in [0.29, 0.717) is 13.1 Å². The lowest BCUT2D eigenvalue weighted by atomic mass is 10.1. The van der Waals surface area contributed by atoms with Crippen LogP contribution in [0.3, 0.4) is 0 Å². The Kier molecular flexibility index (Phi) is 4.03. The molecule has 4 heteroatoms. The van der Waals surface area contributed by atoms with Crippen molar-refractivity contribution >= 4 is 6.09 Å². The molecule has 12 heavy (non-hydrogen) atoms. The standard InChI is InChI=1S/C8H18N2O2/c1-8(2,3)9-5-6-10(4)7(11)12/h9H,5-6H2,1-4H3,(H,11,12). The van der Waals surface area contributed by atoms with Crippen LogP contribution in [0.25, 0.3) is 0 Å². The van der Waals surface area contributed by atoms with E-state index < -0.39 is 6.09 Å². The fourth-order valence-electron chi connectivity index (χ4n) is 0.694. The van der Waals surface area contributed by atoms with Crippen LogP contribution in [0.1, 0.15) is 20.8 Å². The van der Waals surface area contributed by atoms with Gasteiger partial charge in [-0.2, -0.15) is 0 Å². The zero-order valence-electron chi connectivity index (χ0n) is 8.22. The minimum absolute atomic E-state index is 0.0549. The molecule has 2 N–H and O–H groups in total. The number of hydrogen-bond acceptors (Lipinski definition) is 2. The zero-order chi connectivity index (χ0) is 9.78. The molecule has 0 aromatic carbocycles. The summed E-state index contributed by atoms with van der Waals surface area (Å²) in [6, 6.07) is 0. The van der Waals surface area contributed by atoms with Crippen molar-refractivity contribution in [1.29, 1.82) is 0 Å². The van der Waals surface area contributed by atoms with E-state index in [4.69, 9.17) is 5.11 Å². The third kappa shape index (κ3) is 5.97. The van der Waals surface area contributed by atoms with Crippen LogP contribution in [0.15, 0.2) is 0 Å². The van der Waals surface area contributed by atoms with Gasteiger partial charge in [-0.15, -0.1) is 0 Å². The largest absolute Gasteiger partial charge is 0.465 e. The maximum atomic E-state index is 10.4. The maximum Gasteiger partial charge on any atom is 0.407 e. The number of amides is 1. The van der Waals surface area contributed by atoms with Crippen molar-refractivity contribution in [3.05, 3.63) is 0 Å². The van der Waals surface area contributed by atoms with Crippen LogP contribution in [0.2, 0.25) is 0 Å². The van der Waals surface area contributed by atoms with Crippen LogP contribution in [0.4, 0.5) is 4.79 Å². The highest BCUT2D eigenvalue weighted by Crippen LogP contribution is 1.97. The van der Waals surface area contributed by atoms with E-state index in [0.717, 1.165) is 0 Å². The number of rotatable bonds is 3. The molecule has 4 nitrogen and oxygen atoms in total. The Morgan fingerprint density at radius 2 is 2.00 bits per heavy atom. The Bertz CT molecular complexity index is 152. The van der Waals surface area contributed by atoms with Gasteiger partial charge in [0.2, 0.25) is 0 Å². The summed E-state index contributed by atoms with van der Waals surface area (Å²) in [6.07, 6.45) is -0.884. The minimum Gasteiger partial charge on any atom is -0.465 e. The number of carboxylic acid groups (broad SMARTS) is 1. The van der Waals surface area contributed by atoms with E-state index in [-0.39, 0.29) is 5.54 Å². The molecule has 0 spiro atoms. The van der Waals surface area contributed by atoms with Gasteiger partial charge in [0.15, 0.2) is 0 Å². The van der Waals surface area contributed by atoms with Crippen molar-refractivity contribution in [1.82, 2.24) is 10.2 Å². The van der Waals surface area contributed by atoms with E-state index in [1.807, 2.05) is 20.8 Å². The van der Waals surface area contributed by atoms with Gasteiger partial charge in [0, 0.05) is 25.7 Å². The number of likely N-dealkylation sites (N-methyl/N-ethyl adjacent to an activating group) is 1. The van der Waals surface area contributed by atoms with Gasteiger partial charge in [-0.25, -0.2) is 4.79 Å². The number of nitrogens with one attached hydrogen (secondary N) is 1. The molecule has 1 amide bonds. The van der Waals surface area contributed by atoms with Gasteiger partial charge in [0.25, 0.3) is 0 Å². The van der Waals surface area contributed by atoms with E-state index in [1.54, 1.807) is 7.05 Å². The van der Waals surface area contributed by atoms with Gasteiger partial charge in [-0.05, 0) is 20.8 Å². The zero-order valence-corrected chi connectivity index (χ0v) is 8.22.